The zero-order valence-electron chi connectivity index (χ0n) is 12.5. The van der Waals surface area contributed by atoms with E-state index >= 15 is 0 Å². The lowest BCUT2D eigenvalue weighted by Crippen LogP contribution is -2.00. The molecule has 0 aliphatic heterocycles. The summed E-state index contributed by atoms with van der Waals surface area (Å²) >= 11 is 1.66. The van der Waals surface area contributed by atoms with E-state index in [0.29, 0.717) is 6.54 Å². The van der Waals surface area contributed by atoms with E-state index < -0.39 is 0 Å². The predicted octanol–water partition coefficient (Wildman–Crippen LogP) is 3.78. The van der Waals surface area contributed by atoms with E-state index in [4.69, 9.17) is 9.15 Å². The standard InChI is InChI=1S/C16H17N3O2S/c1-12(13-5-3-6-14(9-13)20-2)22-16-18-17-11-19(16)10-15-7-4-8-21-15/h3-9,11-12H,10H2,1-2H3/t12-/m0/s1. The number of hydrogen-bond acceptors (Lipinski definition) is 5. The van der Waals surface area contributed by atoms with E-state index in [1.807, 2.05) is 34.9 Å². The first-order valence-corrected chi connectivity index (χ1v) is 7.85. The molecule has 1 aromatic carbocycles. The van der Waals surface area contributed by atoms with E-state index in [1.54, 1.807) is 31.5 Å². The predicted molar refractivity (Wildman–Crippen MR) is 85.1 cm³/mol. The molecule has 114 valence electrons. The van der Waals surface area contributed by atoms with Crippen LogP contribution < -0.4 is 4.74 Å². The molecule has 0 aliphatic carbocycles. The minimum atomic E-state index is 0.245. The molecule has 3 rings (SSSR count). The normalized spacial score (nSPS) is 12.3. The Bertz CT molecular complexity index is 725. The highest BCUT2D eigenvalue weighted by molar-refractivity contribution is 7.99. The van der Waals surface area contributed by atoms with Gasteiger partial charge in [0.25, 0.3) is 0 Å². The maximum absolute atomic E-state index is 5.38. The molecular formula is C16H17N3O2S. The lowest BCUT2D eigenvalue weighted by Gasteiger charge is -2.12. The Hall–Kier alpha value is -2.21. The van der Waals surface area contributed by atoms with Gasteiger partial charge in [-0.25, -0.2) is 0 Å². The van der Waals surface area contributed by atoms with E-state index in [9.17, 15) is 0 Å². The van der Waals surface area contributed by atoms with Gasteiger partial charge in [-0.2, -0.15) is 0 Å². The van der Waals surface area contributed by atoms with Crippen LogP contribution in [0.1, 0.15) is 23.5 Å². The van der Waals surface area contributed by atoms with Crippen molar-refractivity contribution in [2.75, 3.05) is 7.11 Å². The summed E-state index contributed by atoms with van der Waals surface area (Å²) in [4.78, 5) is 0. The average molecular weight is 315 g/mol. The van der Waals surface area contributed by atoms with Crippen LogP contribution in [0.3, 0.4) is 0 Å². The molecule has 0 fully saturated rings. The highest BCUT2D eigenvalue weighted by Crippen LogP contribution is 2.34. The van der Waals surface area contributed by atoms with Crippen LogP contribution in [0.2, 0.25) is 0 Å². The first-order chi connectivity index (χ1) is 10.8. The second kappa shape index (κ2) is 6.70. The highest BCUT2D eigenvalue weighted by atomic mass is 32.2. The van der Waals surface area contributed by atoms with E-state index in [2.05, 4.69) is 23.2 Å². The Morgan fingerprint density at radius 3 is 3.00 bits per heavy atom. The second-order valence-corrected chi connectivity index (χ2v) is 6.17. The van der Waals surface area contributed by atoms with Crippen molar-refractivity contribution in [2.24, 2.45) is 0 Å². The van der Waals surface area contributed by atoms with Gasteiger partial charge in [-0.1, -0.05) is 23.9 Å². The minimum Gasteiger partial charge on any atom is -0.497 e. The largest absolute Gasteiger partial charge is 0.497 e. The molecule has 0 N–H and O–H groups in total. The van der Waals surface area contributed by atoms with Gasteiger partial charge in [0.15, 0.2) is 5.16 Å². The number of rotatable bonds is 6. The van der Waals surface area contributed by atoms with E-state index in [1.165, 1.54) is 5.56 Å². The SMILES string of the molecule is COc1cccc([C@H](C)Sc2nncn2Cc2ccco2)c1. The number of thioether (sulfide) groups is 1. The third-order valence-corrected chi connectivity index (χ3v) is 4.48. The van der Waals surface area contributed by atoms with Gasteiger partial charge < -0.3 is 13.7 Å². The lowest BCUT2D eigenvalue weighted by molar-refractivity contribution is 0.414. The van der Waals surface area contributed by atoms with Crippen LogP contribution in [0, 0.1) is 0 Å². The van der Waals surface area contributed by atoms with Gasteiger partial charge in [-0.05, 0) is 36.8 Å². The van der Waals surface area contributed by atoms with Gasteiger partial charge in [0.05, 0.1) is 19.9 Å². The Morgan fingerprint density at radius 2 is 2.23 bits per heavy atom. The first-order valence-electron chi connectivity index (χ1n) is 6.97. The fourth-order valence-corrected chi connectivity index (χ4v) is 3.08. The summed E-state index contributed by atoms with van der Waals surface area (Å²) in [7, 11) is 1.68. The van der Waals surface area contributed by atoms with Gasteiger partial charge in [0, 0.05) is 5.25 Å². The molecule has 5 nitrogen and oxygen atoms in total. The van der Waals surface area contributed by atoms with E-state index in [-0.39, 0.29) is 5.25 Å². The summed E-state index contributed by atoms with van der Waals surface area (Å²) in [5.74, 6) is 1.75. The molecule has 0 spiro atoms. The van der Waals surface area contributed by atoms with Crippen molar-refractivity contribution in [3.8, 4) is 5.75 Å². The number of ether oxygens (including phenoxy) is 1. The van der Waals surface area contributed by atoms with Crippen molar-refractivity contribution in [3.63, 3.8) is 0 Å². The van der Waals surface area contributed by atoms with Crippen LogP contribution in [0.15, 0.2) is 58.6 Å². The van der Waals surface area contributed by atoms with Crippen LogP contribution in [0.25, 0.3) is 0 Å². The number of methoxy groups -OCH3 is 1. The smallest absolute Gasteiger partial charge is 0.192 e. The number of aromatic nitrogens is 3. The van der Waals surface area contributed by atoms with Gasteiger partial charge in [-0.3, -0.25) is 0 Å². The van der Waals surface area contributed by atoms with Crippen LogP contribution in [0.5, 0.6) is 5.75 Å². The van der Waals surface area contributed by atoms with Crippen LogP contribution in [-0.4, -0.2) is 21.9 Å². The fraction of sp³-hybridized carbons (Fsp3) is 0.250. The second-order valence-electron chi connectivity index (χ2n) is 4.86. The van der Waals surface area contributed by atoms with Gasteiger partial charge >= 0.3 is 0 Å². The molecule has 0 bridgehead atoms. The molecule has 1 atom stereocenters. The van der Waals surface area contributed by atoms with Crippen molar-refractivity contribution in [3.05, 3.63) is 60.3 Å². The third kappa shape index (κ3) is 3.33. The topological polar surface area (TPSA) is 53.1 Å². The number of hydrogen-bond donors (Lipinski definition) is 0. The van der Waals surface area contributed by atoms with Crippen molar-refractivity contribution in [1.29, 1.82) is 0 Å². The quantitative estimate of drug-likeness (QED) is 0.648. The molecule has 2 aromatic heterocycles. The minimum absolute atomic E-state index is 0.245. The summed E-state index contributed by atoms with van der Waals surface area (Å²) in [5, 5.41) is 9.33. The average Bonchev–Trinajstić information content (AvgIpc) is 3.20. The molecule has 6 heteroatoms. The molecule has 0 saturated carbocycles. The molecule has 22 heavy (non-hydrogen) atoms. The van der Waals surface area contributed by atoms with Crippen molar-refractivity contribution >= 4 is 11.8 Å². The Morgan fingerprint density at radius 1 is 1.32 bits per heavy atom. The maximum atomic E-state index is 5.38. The summed E-state index contributed by atoms with van der Waals surface area (Å²) in [6, 6.07) is 11.9. The van der Waals surface area contributed by atoms with E-state index in [0.717, 1.165) is 16.7 Å². The molecule has 0 unspecified atom stereocenters. The first kappa shape index (κ1) is 14.7. The summed E-state index contributed by atoms with van der Waals surface area (Å²) in [6.45, 7) is 2.78. The Labute approximate surface area is 133 Å². The monoisotopic (exact) mass is 315 g/mol. The molecular weight excluding hydrogens is 298 g/mol. The van der Waals surface area contributed by atoms with Gasteiger partial charge in [0.2, 0.25) is 0 Å². The number of nitrogens with zero attached hydrogens (tertiary/aromatic N) is 3. The Kier molecular flexibility index (Phi) is 4.48. The zero-order valence-corrected chi connectivity index (χ0v) is 13.3. The molecule has 0 amide bonds. The Balaban J connectivity index is 1.74. The lowest BCUT2D eigenvalue weighted by atomic mass is 10.1. The number of benzene rings is 1. The third-order valence-electron chi connectivity index (χ3n) is 3.33. The summed E-state index contributed by atoms with van der Waals surface area (Å²) in [5.41, 5.74) is 1.19. The van der Waals surface area contributed by atoms with Crippen molar-refractivity contribution in [2.45, 2.75) is 23.9 Å². The molecule has 2 heterocycles. The molecule has 0 aliphatic rings. The maximum Gasteiger partial charge on any atom is 0.192 e. The molecule has 0 radical (unpaired) electrons. The number of furan rings is 1. The summed E-state index contributed by atoms with van der Waals surface area (Å²) < 4.78 is 12.6. The van der Waals surface area contributed by atoms with Crippen LogP contribution in [0.4, 0.5) is 0 Å². The van der Waals surface area contributed by atoms with Crippen molar-refractivity contribution in [1.82, 2.24) is 14.8 Å². The van der Waals surface area contributed by atoms with Crippen LogP contribution >= 0.6 is 11.8 Å². The van der Waals surface area contributed by atoms with Gasteiger partial charge in [-0.15, -0.1) is 10.2 Å². The van der Waals surface area contributed by atoms with Gasteiger partial charge in [0.1, 0.15) is 17.8 Å². The molecule has 0 saturated heterocycles. The summed E-state index contributed by atoms with van der Waals surface area (Å²) in [6.07, 6.45) is 3.40. The van der Waals surface area contributed by atoms with Crippen LogP contribution in [-0.2, 0) is 6.54 Å². The molecule has 3 aromatic rings. The van der Waals surface area contributed by atoms with Crippen molar-refractivity contribution < 1.29 is 9.15 Å². The fourth-order valence-electron chi connectivity index (χ4n) is 2.14. The zero-order chi connectivity index (χ0) is 15.4. The highest BCUT2D eigenvalue weighted by Gasteiger charge is 2.14.